The van der Waals surface area contributed by atoms with Gasteiger partial charge in [-0.15, -0.1) is 0 Å². The van der Waals surface area contributed by atoms with Crippen molar-refractivity contribution in [1.29, 1.82) is 0 Å². The van der Waals surface area contributed by atoms with Gasteiger partial charge in [0, 0.05) is 12.6 Å². The van der Waals surface area contributed by atoms with E-state index in [9.17, 15) is 4.79 Å². The Morgan fingerprint density at radius 1 is 1.00 bits per heavy atom. The van der Waals surface area contributed by atoms with Crippen LogP contribution in [0.5, 0.6) is 11.5 Å². The molecule has 2 aromatic rings. The minimum absolute atomic E-state index is 0.0908. The van der Waals surface area contributed by atoms with Gasteiger partial charge >= 0.3 is 0 Å². The second-order valence-electron chi connectivity index (χ2n) is 6.83. The molecule has 30 heavy (non-hydrogen) atoms. The average molecular weight is 444 g/mol. The van der Waals surface area contributed by atoms with Crippen molar-refractivity contribution in [1.82, 2.24) is 4.90 Å². The van der Waals surface area contributed by atoms with Crippen molar-refractivity contribution in [2.45, 2.75) is 13.8 Å². The fourth-order valence-corrected chi connectivity index (χ4v) is 3.92. The maximum Gasteiger partial charge on any atom is 0.265 e. The first-order valence-corrected chi connectivity index (χ1v) is 10.9. The van der Waals surface area contributed by atoms with E-state index in [-0.39, 0.29) is 5.91 Å². The molecular weight excluding hydrogens is 418 g/mol. The molecule has 0 aromatic heterocycles. The van der Waals surface area contributed by atoms with Crippen molar-refractivity contribution in [2.75, 3.05) is 33.5 Å². The molecule has 0 atom stereocenters. The molecule has 0 radical (unpaired) electrons. The van der Waals surface area contributed by atoms with Crippen LogP contribution in [0.1, 0.15) is 16.7 Å². The molecule has 0 aliphatic carbocycles. The zero-order valence-electron chi connectivity index (χ0n) is 17.3. The quantitative estimate of drug-likeness (QED) is 0.320. The first-order valence-electron chi connectivity index (χ1n) is 9.67. The summed E-state index contributed by atoms with van der Waals surface area (Å²) < 4.78 is 17.7. The summed E-state index contributed by atoms with van der Waals surface area (Å²) in [7, 11) is 1.68. The predicted octanol–water partition coefficient (Wildman–Crippen LogP) is 4.61. The largest absolute Gasteiger partial charge is 0.491 e. The minimum Gasteiger partial charge on any atom is -0.491 e. The number of ether oxygens (including phenoxy) is 3. The number of hydrogen-bond donors (Lipinski definition) is 0. The van der Waals surface area contributed by atoms with E-state index in [2.05, 4.69) is 19.9 Å². The number of aryl methyl sites for hydroxylation is 2. The third kappa shape index (κ3) is 5.84. The van der Waals surface area contributed by atoms with Gasteiger partial charge in [0.25, 0.3) is 5.91 Å². The van der Waals surface area contributed by atoms with Crippen molar-refractivity contribution in [2.24, 2.45) is 0 Å². The van der Waals surface area contributed by atoms with Gasteiger partial charge in [-0.3, -0.25) is 9.69 Å². The van der Waals surface area contributed by atoms with Crippen molar-refractivity contribution in [3.05, 3.63) is 64.1 Å². The smallest absolute Gasteiger partial charge is 0.265 e. The van der Waals surface area contributed by atoms with E-state index in [1.54, 1.807) is 7.05 Å². The van der Waals surface area contributed by atoms with Crippen LogP contribution in [-0.4, -0.2) is 48.6 Å². The zero-order valence-corrected chi connectivity index (χ0v) is 19.0. The second-order valence-corrected chi connectivity index (χ2v) is 8.51. The molecule has 1 aliphatic heterocycles. The first-order chi connectivity index (χ1) is 14.5. The molecule has 2 aromatic carbocycles. The summed E-state index contributed by atoms with van der Waals surface area (Å²) in [5.74, 6) is 1.46. The summed E-state index contributed by atoms with van der Waals surface area (Å²) in [6.07, 6.45) is 1.82. The highest BCUT2D eigenvalue weighted by Crippen LogP contribution is 2.33. The summed E-state index contributed by atoms with van der Waals surface area (Å²) in [4.78, 5) is 14.3. The monoisotopic (exact) mass is 443 g/mol. The zero-order chi connectivity index (χ0) is 21.5. The standard InChI is InChI=1S/C23H25NO4S2/c1-16-8-9-19(14-17(16)2)27-12-10-26-11-13-28-20-7-5-4-6-18(20)15-21-22(25)24(3)23(29)30-21/h4-9,14-15H,10-13H2,1-3H3. The van der Waals surface area contributed by atoms with E-state index >= 15 is 0 Å². The number of carbonyl (C=O) groups excluding carboxylic acids is 1. The summed E-state index contributed by atoms with van der Waals surface area (Å²) in [5.41, 5.74) is 3.29. The molecule has 7 heteroatoms. The van der Waals surface area contributed by atoms with Gasteiger partial charge in [0.15, 0.2) is 0 Å². The molecule has 1 amide bonds. The number of nitrogens with zero attached hydrogens (tertiary/aromatic N) is 1. The van der Waals surface area contributed by atoms with Gasteiger partial charge in [0.05, 0.1) is 18.1 Å². The lowest BCUT2D eigenvalue weighted by Gasteiger charge is -2.11. The highest BCUT2D eigenvalue weighted by molar-refractivity contribution is 8.26. The third-order valence-electron chi connectivity index (χ3n) is 4.65. The predicted molar refractivity (Wildman–Crippen MR) is 125 cm³/mol. The third-order valence-corrected chi connectivity index (χ3v) is 6.14. The van der Waals surface area contributed by atoms with Crippen LogP contribution in [0.2, 0.25) is 0 Å². The Kier molecular flexibility index (Phi) is 7.90. The van der Waals surface area contributed by atoms with Gasteiger partial charge in [-0.1, -0.05) is 48.2 Å². The molecule has 1 fully saturated rings. The van der Waals surface area contributed by atoms with Crippen LogP contribution >= 0.6 is 24.0 Å². The van der Waals surface area contributed by atoms with E-state index < -0.39 is 0 Å². The van der Waals surface area contributed by atoms with E-state index in [1.807, 2.05) is 42.5 Å². The highest BCUT2D eigenvalue weighted by Gasteiger charge is 2.28. The molecule has 1 saturated heterocycles. The van der Waals surface area contributed by atoms with E-state index in [0.29, 0.717) is 41.4 Å². The topological polar surface area (TPSA) is 48.0 Å². The molecule has 0 bridgehead atoms. The maximum atomic E-state index is 12.2. The number of amides is 1. The number of para-hydroxylation sites is 1. The van der Waals surface area contributed by atoms with Crippen LogP contribution in [0.4, 0.5) is 0 Å². The van der Waals surface area contributed by atoms with Gasteiger partial charge in [-0.25, -0.2) is 0 Å². The van der Waals surface area contributed by atoms with Crippen molar-refractivity contribution in [3.63, 3.8) is 0 Å². The van der Waals surface area contributed by atoms with Gasteiger partial charge in [0.2, 0.25) is 0 Å². The van der Waals surface area contributed by atoms with Crippen molar-refractivity contribution in [3.8, 4) is 11.5 Å². The van der Waals surface area contributed by atoms with Gasteiger partial charge in [-0.2, -0.15) is 0 Å². The molecule has 1 aliphatic rings. The Labute approximate surface area is 187 Å². The number of benzene rings is 2. The average Bonchev–Trinajstić information content (AvgIpc) is 2.97. The number of rotatable bonds is 9. The lowest BCUT2D eigenvalue weighted by molar-refractivity contribution is -0.121. The van der Waals surface area contributed by atoms with Crippen LogP contribution in [-0.2, 0) is 9.53 Å². The molecule has 5 nitrogen and oxygen atoms in total. The molecule has 3 rings (SSSR count). The molecule has 1 heterocycles. The Hall–Kier alpha value is -2.35. The molecular formula is C23H25NO4S2. The molecule has 158 valence electrons. The van der Waals surface area contributed by atoms with E-state index in [0.717, 1.165) is 11.3 Å². The van der Waals surface area contributed by atoms with Crippen molar-refractivity contribution >= 4 is 40.3 Å². The molecule has 0 saturated carbocycles. The Morgan fingerprint density at radius 2 is 1.73 bits per heavy atom. The van der Waals surface area contributed by atoms with Crippen LogP contribution in [0.25, 0.3) is 6.08 Å². The Morgan fingerprint density at radius 3 is 2.43 bits per heavy atom. The van der Waals surface area contributed by atoms with Gasteiger partial charge in [0.1, 0.15) is 29.0 Å². The fourth-order valence-electron chi connectivity index (χ4n) is 2.75. The Balaban J connectivity index is 1.43. The number of likely N-dealkylation sites (N-methyl/N-ethyl adjacent to an activating group) is 1. The molecule has 0 unspecified atom stereocenters. The van der Waals surface area contributed by atoms with Gasteiger partial charge < -0.3 is 14.2 Å². The van der Waals surface area contributed by atoms with Crippen molar-refractivity contribution < 1.29 is 19.0 Å². The summed E-state index contributed by atoms with van der Waals surface area (Å²) in [6, 6.07) is 13.6. The van der Waals surface area contributed by atoms with Crippen LogP contribution in [0, 0.1) is 13.8 Å². The SMILES string of the molecule is Cc1ccc(OCCOCCOc2ccccc2C=C2SC(=S)N(C)C2=O)cc1C. The number of thiocarbonyl (C=S) groups is 1. The number of thioether (sulfide) groups is 1. The summed E-state index contributed by atoms with van der Waals surface area (Å²) in [5, 5.41) is 0. The van der Waals surface area contributed by atoms with Crippen LogP contribution < -0.4 is 9.47 Å². The molecule has 0 spiro atoms. The summed E-state index contributed by atoms with van der Waals surface area (Å²) in [6.45, 7) is 5.96. The summed E-state index contributed by atoms with van der Waals surface area (Å²) >= 11 is 6.47. The second kappa shape index (κ2) is 10.6. The lowest BCUT2D eigenvalue weighted by Crippen LogP contribution is -2.22. The maximum absolute atomic E-state index is 12.2. The molecule has 0 N–H and O–H groups in total. The van der Waals surface area contributed by atoms with Crippen LogP contribution in [0.15, 0.2) is 47.4 Å². The Bertz CT molecular complexity index is 958. The number of carbonyl (C=O) groups is 1. The van der Waals surface area contributed by atoms with E-state index in [4.69, 9.17) is 26.4 Å². The number of hydrogen-bond acceptors (Lipinski definition) is 6. The van der Waals surface area contributed by atoms with Crippen LogP contribution in [0.3, 0.4) is 0 Å². The fraction of sp³-hybridized carbons (Fsp3) is 0.304. The normalized spacial score (nSPS) is 15.2. The minimum atomic E-state index is -0.0908. The first kappa shape index (κ1) is 22.3. The highest BCUT2D eigenvalue weighted by atomic mass is 32.2. The van der Waals surface area contributed by atoms with Gasteiger partial charge in [-0.05, 0) is 49.2 Å². The van der Waals surface area contributed by atoms with E-state index in [1.165, 1.54) is 27.8 Å². The lowest BCUT2D eigenvalue weighted by atomic mass is 10.1.